The Labute approximate surface area is 163 Å². The molecular weight excluding hydrogens is 342 g/mol. The number of morpholine rings is 1. The first-order valence-corrected chi connectivity index (χ1v) is 10.3. The van der Waals surface area contributed by atoms with E-state index in [1.54, 1.807) is 6.26 Å². The van der Waals surface area contributed by atoms with Crippen molar-refractivity contribution < 1.29 is 9.15 Å². The summed E-state index contributed by atoms with van der Waals surface area (Å²) in [5.74, 6) is 2.00. The number of rotatable bonds is 7. The molecule has 2 aliphatic heterocycles. The fourth-order valence-electron chi connectivity index (χ4n) is 4.25. The van der Waals surface area contributed by atoms with Gasteiger partial charge in [-0.1, -0.05) is 13.8 Å². The number of nitrogens with zero attached hydrogens (tertiary/aromatic N) is 4. The quantitative estimate of drug-likeness (QED) is 0.576. The molecule has 7 heteroatoms. The molecule has 2 aliphatic rings. The van der Waals surface area contributed by atoms with Crippen LogP contribution in [-0.2, 0) is 4.74 Å². The summed E-state index contributed by atoms with van der Waals surface area (Å²) in [5.41, 5.74) is 0. The first kappa shape index (κ1) is 20.2. The molecule has 3 rings (SSSR count). The van der Waals surface area contributed by atoms with Gasteiger partial charge in [0.05, 0.1) is 25.5 Å². The Morgan fingerprint density at radius 2 is 2.07 bits per heavy atom. The summed E-state index contributed by atoms with van der Waals surface area (Å²) in [7, 11) is 1.88. The Bertz CT molecular complexity index is 567. The molecule has 3 heterocycles. The van der Waals surface area contributed by atoms with Crippen molar-refractivity contribution in [1.82, 2.24) is 20.0 Å². The summed E-state index contributed by atoms with van der Waals surface area (Å²) in [6.45, 7) is 13.1. The van der Waals surface area contributed by atoms with Crippen LogP contribution in [0.25, 0.3) is 0 Å². The van der Waals surface area contributed by atoms with Crippen molar-refractivity contribution >= 4 is 5.96 Å². The molecule has 1 aromatic heterocycles. The topological polar surface area (TPSA) is 56.5 Å². The van der Waals surface area contributed by atoms with Gasteiger partial charge in [-0.25, -0.2) is 0 Å². The van der Waals surface area contributed by atoms with Crippen molar-refractivity contribution in [2.24, 2.45) is 4.99 Å². The van der Waals surface area contributed by atoms with Crippen molar-refractivity contribution in [3.63, 3.8) is 0 Å². The molecule has 2 saturated heterocycles. The normalized spacial score (nSPS) is 23.2. The molecule has 0 bridgehead atoms. The van der Waals surface area contributed by atoms with Crippen LogP contribution in [-0.4, -0.2) is 92.8 Å². The van der Waals surface area contributed by atoms with Gasteiger partial charge >= 0.3 is 0 Å². The Hall–Kier alpha value is -1.57. The molecule has 0 aliphatic carbocycles. The van der Waals surface area contributed by atoms with Crippen LogP contribution < -0.4 is 5.32 Å². The summed E-state index contributed by atoms with van der Waals surface area (Å²) in [5, 5.41) is 3.60. The molecule has 0 saturated carbocycles. The summed E-state index contributed by atoms with van der Waals surface area (Å²) in [6, 6.07) is 4.85. The lowest BCUT2D eigenvalue weighted by molar-refractivity contribution is 0.0194. The number of likely N-dealkylation sites (N-methyl/N-ethyl adjacent to an activating group) is 1. The average molecular weight is 378 g/mol. The fourth-order valence-corrected chi connectivity index (χ4v) is 4.25. The number of nitrogens with one attached hydrogen (secondary N) is 1. The smallest absolute Gasteiger partial charge is 0.193 e. The number of ether oxygens (including phenoxy) is 1. The summed E-state index contributed by atoms with van der Waals surface area (Å²) >= 11 is 0. The lowest BCUT2D eigenvalue weighted by Gasteiger charge is -2.33. The van der Waals surface area contributed by atoms with E-state index >= 15 is 0 Å². The first-order valence-electron chi connectivity index (χ1n) is 10.3. The number of likely N-dealkylation sites (tertiary alicyclic amines) is 1. The second-order valence-electron chi connectivity index (χ2n) is 7.22. The molecule has 0 radical (unpaired) electrons. The van der Waals surface area contributed by atoms with Gasteiger partial charge in [0.15, 0.2) is 5.96 Å². The van der Waals surface area contributed by atoms with Gasteiger partial charge in [0.1, 0.15) is 5.76 Å². The van der Waals surface area contributed by atoms with Crippen LogP contribution in [0.2, 0.25) is 0 Å². The van der Waals surface area contributed by atoms with Crippen molar-refractivity contribution in [3.05, 3.63) is 24.2 Å². The zero-order valence-corrected chi connectivity index (χ0v) is 17.1. The number of hydrogen-bond acceptors (Lipinski definition) is 5. The maximum atomic E-state index is 5.71. The number of furan rings is 1. The summed E-state index contributed by atoms with van der Waals surface area (Å²) in [6.07, 6.45) is 2.95. The molecule has 1 N–H and O–H groups in total. The van der Waals surface area contributed by atoms with E-state index in [1.165, 1.54) is 6.42 Å². The lowest BCUT2D eigenvalue weighted by atomic mass is 10.2. The molecule has 2 fully saturated rings. The largest absolute Gasteiger partial charge is 0.468 e. The minimum atomic E-state index is 0.212. The maximum Gasteiger partial charge on any atom is 0.193 e. The highest BCUT2D eigenvalue weighted by molar-refractivity contribution is 5.80. The van der Waals surface area contributed by atoms with Crippen molar-refractivity contribution in [1.29, 1.82) is 0 Å². The van der Waals surface area contributed by atoms with E-state index in [9.17, 15) is 0 Å². The summed E-state index contributed by atoms with van der Waals surface area (Å²) in [4.78, 5) is 11.9. The molecule has 0 spiro atoms. The second kappa shape index (κ2) is 10.1. The number of aliphatic imine (C=N–C) groups is 1. The van der Waals surface area contributed by atoms with Crippen molar-refractivity contribution in [3.8, 4) is 0 Å². The van der Waals surface area contributed by atoms with E-state index < -0.39 is 0 Å². The van der Waals surface area contributed by atoms with Crippen molar-refractivity contribution in [2.75, 3.05) is 66.1 Å². The molecule has 1 aromatic rings. The molecule has 152 valence electrons. The molecule has 7 nitrogen and oxygen atoms in total. The Balaban J connectivity index is 1.57. The highest BCUT2D eigenvalue weighted by atomic mass is 16.5. The van der Waals surface area contributed by atoms with Gasteiger partial charge in [-0.15, -0.1) is 0 Å². The van der Waals surface area contributed by atoms with Gasteiger partial charge in [-0.2, -0.15) is 0 Å². The van der Waals surface area contributed by atoms with Crippen LogP contribution in [0.5, 0.6) is 0 Å². The van der Waals surface area contributed by atoms with Gasteiger partial charge in [-0.3, -0.25) is 14.8 Å². The zero-order chi connectivity index (χ0) is 19.1. The van der Waals surface area contributed by atoms with Crippen LogP contribution in [0.3, 0.4) is 0 Å². The monoisotopic (exact) mass is 377 g/mol. The Morgan fingerprint density at radius 1 is 1.30 bits per heavy atom. The van der Waals surface area contributed by atoms with E-state index in [2.05, 4.69) is 44.9 Å². The first-order chi connectivity index (χ1) is 13.3. The fraction of sp³-hybridized carbons (Fsp3) is 0.750. The van der Waals surface area contributed by atoms with Gasteiger partial charge in [0.25, 0.3) is 0 Å². The molecule has 0 aromatic carbocycles. The minimum Gasteiger partial charge on any atom is -0.468 e. The number of guanidine groups is 1. The van der Waals surface area contributed by atoms with Gasteiger partial charge < -0.3 is 19.4 Å². The third kappa shape index (κ3) is 5.03. The molecule has 2 unspecified atom stereocenters. The maximum absolute atomic E-state index is 5.71. The molecular formula is C20H35N5O2. The third-order valence-corrected chi connectivity index (χ3v) is 5.82. The third-order valence-electron chi connectivity index (χ3n) is 5.82. The predicted molar refractivity (Wildman–Crippen MR) is 108 cm³/mol. The van der Waals surface area contributed by atoms with Crippen LogP contribution in [0.15, 0.2) is 27.8 Å². The lowest BCUT2D eigenvalue weighted by Crippen LogP contribution is -2.47. The summed E-state index contributed by atoms with van der Waals surface area (Å²) < 4.78 is 11.2. The SMILES string of the molecule is CCN(CC)C(CNC(=NC)N1CCC(N2CCOCC2)C1)c1ccco1. The Morgan fingerprint density at radius 3 is 2.70 bits per heavy atom. The predicted octanol–water partition coefficient (Wildman–Crippen LogP) is 1.64. The van der Waals surface area contributed by atoms with Crippen molar-refractivity contribution in [2.45, 2.75) is 32.4 Å². The highest BCUT2D eigenvalue weighted by Crippen LogP contribution is 2.21. The molecule has 0 amide bonds. The zero-order valence-electron chi connectivity index (χ0n) is 17.1. The highest BCUT2D eigenvalue weighted by Gasteiger charge is 2.31. The Kier molecular flexibility index (Phi) is 7.55. The van der Waals surface area contributed by atoms with E-state index in [1.807, 2.05) is 13.1 Å². The van der Waals surface area contributed by atoms with Crippen LogP contribution in [0.1, 0.15) is 32.1 Å². The standard InChI is InChI=1S/C20H35N5O2/c1-4-23(5-2)18(19-7-6-12-27-19)15-22-20(21-3)25-9-8-17(16-25)24-10-13-26-14-11-24/h6-7,12,17-18H,4-5,8-11,13-16H2,1-3H3,(H,21,22). The van der Waals surface area contributed by atoms with E-state index in [-0.39, 0.29) is 6.04 Å². The van der Waals surface area contributed by atoms with E-state index in [0.717, 1.165) is 70.7 Å². The second-order valence-corrected chi connectivity index (χ2v) is 7.22. The van der Waals surface area contributed by atoms with Gasteiger partial charge in [-0.05, 0) is 31.6 Å². The molecule has 27 heavy (non-hydrogen) atoms. The van der Waals surface area contributed by atoms with Crippen LogP contribution in [0.4, 0.5) is 0 Å². The molecule has 2 atom stereocenters. The van der Waals surface area contributed by atoms with Crippen LogP contribution >= 0.6 is 0 Å². The average Bonchev–Trinajstić information content (AvgIpc) is 3.41. The van der Waals surface area contributed by atoms with Gasteiger partial charge in [0, 0.05) is 45.8 Å². The van der Waals surface area contributed by atoms with E-state index in [0.29, 0.717) is 6.04 Å². The number of hydrogen-bond donors (Lipinski definition) is 1. The minimum absolute atomic E-state index is 0.212. The van der Waals surface area contributed by atoms with Crippen LogP contribution in [0, 0.1) is 0 Å². The van der Waals surface area contributed by atoms with Gasteiger partial charge in [0.2, 0.25) is 0 Å². The van der Waals surface area contributed by atoms with E-state index in [4.69, 9.17) is 9.15 Å².